The van der Waals surface area contributed by atoms with Crippen molar-refractivity contribution in [3.05, 3.63) is 0 Å². The Morgan fingerprint density at radius 3 is 2.82 bits per heavy atom. The van der Waals surface area contributed by atoms with Gasteiger partial charge in [0.15, 0.2) is 0 Å². The molecule has 5 heteroatoms. The first-order chi connectivity index (χ1) is 5.16. The van der Waals surface area contributed by atoms with E-state index in [-0.39, 0.29) is 13.2 Å². The van der Waals surface area contributed by atoms with E-state index >= 15 is 0 Å². The number of carbonyl (C=O) groups is 1. The molecule has 1 atom stereocenters. The highest BCUT2D eigenvalue weighted by atomic mass is 19.3. The normalized spacial score (nSPS) is 24.5. The van der Waals surface area contributed by atoms with Crippen molar-refractivity contribution in [3.8, 4) is 0 Å². The quantitative estimate of drug-likeness (QED) is 0.613. The van der Waals surface area contributed by atoms with E-state index in [1.807, 2.05) is 0 Å². The topological polar surface area (TPSA) is 29.5 Å². The molecule has 0 saturated carbocycles. The molecule has 0 N–H and O–H groups in total. The fraction of sp³-hybridized carbons (Fsp3) is 0.833. The number of carbonyl (C=O) groups excluding carboxylic acids is 1. The predicted octanol–water partition coefficient (Wildman–Crippen LogP) is 1.09. The van der Waals surface area contributed by atoms with Gasteiger partial charge >= 0.3 is 6.09 Å². The van der Waals surface area contributed by atoms with Gasteiger partial charge in [0.2, 0.25) is 0 Å². The van der Waals surface area contributed by atoms with E-state index in [9.17, 15) is 13.6 Å². The van der Waals surface area contributed by atoms with E-state index in [0.29, 0.717) is 0 Å². The lowest BCUT2D eigenvalue weighted by Crippen LogP contribution is -2.38. The van der Waals surface area contributed by atoms with E-state index in [0.717, 1.165) is 4.90 Å². The number of amides is 1. The van der Waals surface area contributed by atoms with Crippen LogP contribution in [0, 0.1) is 0 Å². The lowest BCUT2D eigenvalue weighted by molar-refractivity contribution is 0.0616. The summed E-state index contributed by atoms with van der Waals surface area (Å²) in [6.07, 6.45) is -3.15. The second-order valence-corrected chi connectivity index (χ2v) is 2.26. The highest BCUT2D eigenvalue weighted by Gasteiger charge is 2.37. The van der Waals surface area contributed by atoms with Crippen LogP contribution in [0.1, 0.15) is 6.92 Å². The van der Waals surface area contributed by atoms with Crippen LogP contribution in [0.25, 0.3) is 0 Å². The Kier molecular flexibility index (Phi) is 2.26. The second kappa shape index (κ2) is 3.02. The average Bonchev–Trinajstić information content (AvgIpc) is 2.30. The van der Waals surface area contributed by atoms with Crippen LogP contribution < -0.4 is 0 Å². The van der Waals surface area contributed by atoms with Gasteiger partial charge in [-0.05, 0) is 6.92 Å². The summed E-state index contributed by atoms with van der Waals surface area (Å²) in [5.41, 5.74) is 0. The number of cyclic esters (lactones) is 1. The minimum Gasteiger partial charge on any atom is -0.447 e. The van der Waals surface area contributed by atoms with Gasteiger partial charge in [0.05, 0.1) is 0 Å². The Hall–Kier alpha value is -0.870. The number of halogens is 2. The SMILES string of the molecule is CCN1C(=O)OCC1C(F)F. The smallest absolute Gasteiger partial charge is 0.410 e. The van der Waals surface area contributed by atoms with Gasteiger partial charge in [0.25, 0.3) is 6.43 Å². The van der Waals surface area contributed by atoms with E-state index in [2.05, 4.69) is 4.74 Å². The van der Waals surface area contributed by atoms with Gasteiger partial charge in [0, 0.05) is 6.54 Å². The van der Waals surface area contributed by atoms with Crippen LogP contribution in [0.4, 0.5) is 13.6 Å². The molecule has 1 heterocycles. The number of likely N-dealkylation sites (N-methyl/N-ethyl adjacent to an activating group) is 1. The van der Waals surface area contributed by atoms with Gasteiger partial charge in [0.1, 0.15) is 12.6 Å². The van der Waals surface area contributed by atoms with Crippen molar-refractivity contribution in [2.75, 3.05) is 13.2 Å². The van der Waals surface area contributed by atoms with Crippen molar-refractivity contribution in [2.24, 2.45) is 0 Å². The number of ether oxygens (including phenoxy) is 1. The van der Waals surface area contributed by atoms with Gasteiger partial charge in [-0.25, -0.2) is 13.6 Å². The molecule has 0 spiro atoms. The van der Waals surface area contributed by atoms with Crippen LogP contribution in [0.15, 0.2) is 0 Å². The molecule has 0 aliphatic carbocycles. The summed E-state index contributed by atoms with van der Waals surface area (Å²) >= 11 is 0. The molecule has 1 aliphatic heterocycles. The molecule has 64 valence electrons. The number of nitrogens with zero attached hydrogens (tertiary/aromatic N) is 1. The first-order valence-corrected chi connectivity index (χ1v) is 3.38. The molecule has 1 unspecified atom stereocenters. The standard InChI is InChI=1S/C6H9F2NO2/c1-2-9-4(5(7)8)3-11-6(9)10/h4-5H,2-3H2,1H3. The maximum absolute atomic E-state index is 12.1. The highest BCUT2D eigenvalue weighted by Crippen LogP contribution is 2.17. The summed E-state index contributed by atoms with van der Waals surface area (Å²) in [6, 6.07) is -1.05. The zero-order valence-electron chi connectivity index (χ0n) is 6.09. The molecule has 1 saturated heterocycles. The van der Waals surface area contributed by atoms with E-state index in [1.165, 1.54) is 0 Å². The van der Waals surface area contributed by atoms with Gasteiger partial charge in [-0.1, -0.05) is 0 Å². The maximum atomic E-state index is 12.1. The Morgan fingerprint density at radius 2 is 2.45 bits per heavy atom. The molecule has 1 rings (SSSR count). The molecule has 0 bridgehead atoms. The second-order valence-electron chi connectivity index (χ2n) is 2.26. The Bertz CT molecular complexity index is 163. The third-order valence-corrected chi connectivity index (χ3v) is 1.64. The average molecular weight is 165 g/mol. The summed E-state index contributed by atoms with van der Waals surface area (Å²) in [5.74, 6) is 0. The Morgan fingerprint density at radius 1 is 1.82 bits per heavy atom. The first kappa shape index (κ1) is 8.23. The maximum Gasteiger partial charge on any atom is 0.410 e. The molecule has 3 nitrogen and oxygen atoms in total. The summed E-state index contributed by atoms with van der Waals surface area (Å²) < 4.78 is 28.6. The van der Waals surface area contributed by atoms with Crippen LogP contribution >= 0.6 is 0 Å². The monoisotopic (exact) mass is 165 g/mol. The van der Waals surface area contributed by atoms with Crippen LogP contribution in [0.5, 0.6) is 0 Å². The van der Waals surface area contributed by atoms with Gasteiger partial charge in [-0.3, -0.25) is 4.90 Å². The van der Waals surface area contributed by atoms with Crippen molar-refractivity contribution in [3.63, 3.8) is 0 Å². The lowest BCUT2D eigenvalue weighted by Gasteiger charge is -2.17. The highest BCUT2D eigenvalue weighted by molar-refractivity contribution is 5.70. The molecular weight excluding hydrogens is 156 g/mol. The van der Waals surface area contributed by atoms with Crippen LogP contribution in [0.2, 0.25) is 0 Å². The Labute approximate surface area is 62.9 Å². The van der Waals surface area contributed by atoms with Crippen molar-refractivity contribution in [2.45, 2.75) is 19.4 Å². The summed E-state index contributed by atoms with van der Waals surface area (Å²) in [5, 5.41) is 0. The summed E-state index contributed by atoms with van der Waals surface area (Å²) in [6.45, 7) is 1.72. The van der Waals surface area contributed by atoms with Gasteiger partial charge in [-0.2, -0.15) is 0 Å². The molecule has 0 radical (unpaired) electrons. The van der Waals surface area contributed by atoms with Gasteiger partial charge in [-0.15, -0.1) is 0 Å². The molecular formula is C6H9F2NO2. The van der Waals surface area contributed by atoms with E-state index < -0.39 is 18.6 Å². The molecule has 1 amide bonds. The zero-order valence-corrected chi connectivity index (χ0v) is 6.09. The predicted molar refractivity (Wildman–Crippen MR) is 33.5 cm³/mol. The van der Waals surface area contributed by atoms with Gasteiger partial charge < -0.3 is 4.74 Å². The van der Waals surface area contributed by atoms with E-state index in [1.54, 1.807) is 6.92 Å². The molecule has 1 aliphatic rings. The Balaban J connectivity index is 2.61. The van der Waals surface area contributed by atoms with Crippen LogP contribution in [0.3, 0.4) is 0 Å². The minimum atomic E-state index is -2.51. The number of alkyl halides is 2. The van der Waals surface area contributed by atoms with Crippen molar-refractivity contribution in [1.29, 1.82) is 0 Å². The lowest BCUT2D eigenvalue weighted by atomic mass is 10.3. The molecule has 0 aromatic carbocycles. The summed E-state index contributed by atoms with van der Waals surface area (Å²) in [7, 11) is 0. The van der Waals surface area contributed by atoms with Crippen molar-refractivity contribution >= 4 is 6.09 Å². The fourth-order valence-corrected chi connectivity index (χ4v) is 1.04. The number of hydrogen-bond acceptors (Lipinski definition) is 2. The van der Waals surface area contributed by atoms with Crippen LogP contribution in [-0.2, 0) is 4.74 Å². The molecule has 0 aromatic rings. The third kappa shape index (κ3) is 1.41. The molecule has 11 heavy (non-hydrogen) atoms. The zero-order chi connectivity index (χ0) is 8.43. The molecule has 0 aromatic heterocycles. The van der Waals surface area contributed by atoms with Crippen molar-refractivity contribution < 1.29 is 18.3 Å². The summed E-state index contributed by atoms with van der Waals surface area (Å²) in [4.78, 5) is 11.7. The molecule has 1 fully saturated rings. The van der Waals surface area contributed by atoms with E-state index in [4.69, 9.17) is 0 Å². The fourth-order valence-electron chi connectivity index (χ4n) is 1.04. The number of hydrogen-bond donors (Lipinski definition) is 0. The largest absolute Gasteiger partial charge is 0.447 e. The minimum absolute atomic E-state index is 0.190. The number of rotatable bonds is 2. The first-order valence-electron chi connectivity index (χ1n) is 3.38. The van der Waals surface area contributed by atoms with Crippen LogP contribution in [-0.4, -0.2) is 36.6 Å². The van der Waals surface area contributed by atoms with Crippen molar-refractivity contribution in [1.82, 2.24) is 4.90 Å². The third-order valence-electron chi connectivity index (χ3n) is 1.64.